The molecule has 0 amide bonds. The predicted molar refractivity (Wildman–Crippen MR) is 93.5 cm³/mol. The van der Waals surface area contributed by atoms with E-state index in [9.17, 15) is 4.39 Å². The van der Waals surface area contributed by atoms with Gasteiger partial charge < -0.3 is 4.52 Å². The van der Waals surface area contributed by atoms with Crippen LogP contribution in [-0.4, -0.2) is 28.1 Å². The van der Waals surface area contributed by atoms with Gasteiger partial charge in [-0.2, -0.15) is 4.98 Å². The molecule has 128 valence electrons. The maximum atomic E-state index is 13.0. The van der Waals surface area contributed by atoms with E-state index < -0.39 is 0 Å². The number of nitrogens with zero attached hydrogens (tertiary/aromatic N) is 3. The molecule has 1 fully saturated rings. The fraction of sp³-hybridized carbons (Fsp3) is 0.300. The zero-order valence-electron chi connectivity index (χ0n) is 14.2. The number of halogens is 1. The predicted octanol–water partition coefficient (Wildman–Crippen LogP) is 4.17. The Labute approximate surface area is 146 Å². The average Bonchev–Trinajstić information content (AvgIpc) is 3.27. The zero-order chi connectivity index (χ0) is 17.2. The van der Waals surface area contributed by atoms with Gasteiger partial charge >= 0.3 is 0 Å². The van der Waals surface area contributed by atoms with Crippen LogP contribution in [0.5, 0.6) is 0 Å². The molecule has 0 N–H and O–H groups in total. The summed E-state index contributed by atoms with van der Waals surface area (Å²) in [5.74, 6) is 1.42. The third-order valence-corrected chi connectivity index (χ3v) is 4.77. The molecule has 5 heteroatoms. The fourth-order valence-electron chi connectivity index (χ4n) is 3.36. The Hall–Kier alpha value is -2.53. The van der Waals surface area contributed by atoms with E-state index in [-0.39, 0.29) is 11.7 Å². The van der Waals surface area contributed by atoms with Crippen molar-refractivity contribution in [1.82, 2.24) is 15.0 Å². The standard InChI is InChI=1S/C20H20FN3O/c1-14-4-2-3-5-18(14)19-22-20(25-23-19)16-10-11-24(13-16)12-15-6-8-17(21)9-7-15/h2-9,16H,10-13H2,1H3/t16-/m1/s1. The third-order valence-electron chi connectivity index (χ3n) is 4.77. The summed E-state index contributed by atoms with van der Waals surface area (Å²) in [6.45, 7) is 4.72. The van der Waals surface area contributed by atoms with Crippen molar-refractivity contribution in [2.45, 2.75) is 25.8 Å². The second kappa shape index (κ2) is 6.76. The lowest BCUT2D eigenvalue weighted by Crippen LogP contribution is -2.19. The van der Waals surface area contributed by atoms with Crippen molar-refractivity contribution in [3.05, 3.63) is 71.4 Å². The number of aryl methyl sites for hydroxylation is 1. The first-order valence-electron chi connectivity index (χ1n) is 8.55. The lowest BCUT2D eigenvalue weighted by molar-refractivity contribution is 0.309. The van der Waals surface area contributed by atoms with Gasteiger partial charge in [-0.05, 0) is 43.1 Å². The first-order valence-corrected chi connectivity index (χ1v) is 8.55. The van der Waals surface area contributed by atoms with Crippen LogP contribution in [0.1, 0.15) is 29.4 Å². The Kier molecular flexibility index (Phi) is 4.32. The molecule has 1 atom stereocenters. The number of benzene rings is 2. The molecule has 1 saturated heterocycles. The van der Waals surface area contributed by atoms with Gasteiger partial charge in [-0.1, -0.05) is 41.6 Å². The number of likely N-dealkylation sites (tertiary alicyclic amines) is 1. The molecule has 0 bridgehead atoms. The van der Waals surface area contributed by atoms with Crippen LogP contribution < -0.4 is 0 Å². The van der Waals surface area contributed by atoms with Gasteiger partial charge in [0.05, 0.1) is 5.92 Å². The van der Waals surface area contributed by atoms with Gasteiger partial charge in [0.15, 0.2) is 0 Å². The highest BCUT2D eigenvalue weighted by Crippen LogP contribution is 2.29. The largest absolute Gasteiger partial charge is 0.339 e. The van der Waals surface area contributed by atoms with Gasteiger partial charge in [0.2, 0.25) is 11.7 Å². The van der Waals surface area contributed by atoms with Crippen LogP contribution in [0.3, 0.4) is 0 Å². The van der Waals surface area contributed by atoms with Crippen molar-refractivity contribution in [2.75, 3.05) is 13.1 Å². The number of rotatable bonds is 4. The Balaban J connectivity index is 1.44. The fourth-order valence-corrected chi connectivity index (χ4v) is 3.36. The van der Waals surface area contributed by atoms with Gasteiger partial charge in [-0.25, -0.2) is 4.39 Å². The van der Waals surface area contributed by atoms with Crippen molar-refractivity contribution in [2.24, 2.45) is 0 Å². The van der Waals surface area contributed by atoms with Crippen LogP contribution >= 0.6 is 0 Å². The quantitative estimate of drug-likeness (QED) is 0.716. The Morgan fingerprint density at radius 2 is 1.96 bits per heavy atom. The van der Waals surface area contributed by atoms with E-state index in [0.717, 1.165) is 42.7 Å². The second-order valence-corrected chi connectivity index (χ2v) is 6.62. The topological polar surface area (TPSA) is 42.2 Å². The molecular weight excluding hydrogens is 317 g/mol. The minimum atomic E-state index is -0.197. The highest BCUT2D eigenvalue weighted by molar-refractivity contribution is 5.59. The molecule has 0 unspecified atom stereocenters. The lowest BCUT2D eigenvalue weighted by atomic mass is 10.1. The third kappa shape index (κ3) is 3.46. The van der Waals surface area contributed by atoms with Crippen molar-refractivity contribution in [3.8, 4) is 11.4 Å². The molecule has 0 saturated carbocycles. The monoisotopic (exact) mass is 337 g/mol. The molecule has 2 aromatic carbocycles. The lowest BCUT2D eigenvalue weighted by Gasteiger charge is -2.15. The smallest absolute Gasteiger partial charge is 0.231 e. The maximum absolute atomic E-state index is 13.0. The minimum absolute atomic E-state index is 0.197. The van der Waals surface area contributed by atoms with E-state index in [0.29, 0.717) is 11.7 Å². The van der Waals surface area contributed by atoms with Crippen LogP contribution in [0.15, 0.2) is 53.1 Å². The van der Waals surface area contributed by atoms with Gasteiger partial charge in [0, 0.05) is 18.7 Å². The summed E-state index contributed by atoms with van der Waals surface area (Å²) in [6.07, 6.45) is 0.997. The molecular formula is C20H20FN3O. The summed E-state index contributed by atoms with van der Waals surface area (Å²) in [5, 5.41) is 4.16. The summed E-state index contributed by atoms with van der Waals surface area (Å²) in [7, 11) is 0. The summed E-state index contributed by atoms with van der Waals surface area (Å²) in [4.78, 5) is 6.97. The maximum Gasteiger partial charge on any atom is 0.231 e. The van der Waals surface area contributed by atoms with E-state index in [1.165, 1.54) is 12.1 Å². The highest BCUT2D eigenvalue weighted by atomic mass is 19.1. The van der Waals surface area contributed by atoms with Crippen LogP contribution in [0.2, 0.25) is 0 Å². The molecule has 1 aliphatic rings. The second-order valence-electron chi connectivity index (χ2n) is 6.62. The first-order chi connectivity index (χ1) is 12.2. The first kappa shape index (κ1) is 16.0. The SMILES string of the molecule is Cc1ccccc1-c1noc([C@@H]2CCN(Cc3ccc(F)cc3)C2)n1. The van der Waals surface area contributed by atoms with Gasteiger partial charge in [-0.3, -0.25) is 4.90 Å². The van der Waals surface area contributed by atoms with Gasteiger partial charge in [0.25, 0.3) is 0 Å². The molecule has 2 heterocycles. The molecule has 4 rings (SSSR count). The van der Waals surface area contributed by atoms with E-state index in [1.807, 2.05) is 43.3 Å². The summed E-state index contributed by atoms with van der Waals surface area (Å²) in [6, 6.07) is 14.7. The van der Waals surface area contributed by atoms with Gasteiger partial charge in [-0.15, -0.1) is 0 Å². The number of hydrogen-bond donors (Lipinski definition) is 0. The van der Waals surface area contributed by atoms with Gasteiger partial charge in [0.1, 0.15) is 5.82 Å². The minimum Gasteiger partial charge on any atom is -0.339 e. The van der Waals surface area contributed by atoms with E-state index in [4.69, 9.17) is 4.52 Å². The Morgan fingerprint density at radius 3 is 2.76 bits per heavy atom. The van der Waals surface area contributed by atoms with Crippen LogP contribution in [-0.2, 0) is 6.54 Å². The molecule has 0 radical (unpaired) electrons. The van der Waals surface area contributed by atoms with E-state index in [2.05, 4.69) is 15.0 Å². The van der Waals surface area contributed by atoms with E-state index >= 15 is 0 Å². The van der Waals surface area contributed by atoms with Crippen LogP contribution in [0, 0.1) is 12.7 Å². The van der Waals surface area contributed by atoms with Crippen LogP contribution in [0.25, 0.3) is 11.4 Å². The zero-order valence-corrected chi connectivity index (χ0v) is 14.2. The molecule has 0 spiro atoms. The summed E-state index contributed by atoms with van der Waals surface area (Å²) >= 11 is 0. The number of aromatic nitrogens is 2. The van der Waals surface area contributed by atoms with Crippen molar-refractivity contribution in [3.63, 3.8) is 0 Å². The average molecular weight is 337 g/mol. The summed E-state index contributed by atoms with van der Waals surface area (Å²) in [5.41, 5.74) is 3.27. The van der Waals surface area contributed by atoms with Crippen molar-refractivity contribution < 1.29 is 8.91 Å². The molecule has 1 aliphatic heterocycles. The highest BCUT2D eigenvalue weighted by Gasteiger charge is 2.28. The Morgan fingerprint density at radius 1 is 1.16 bits per heavy atom. The van der Waals surface area contributed by atoms with E-state index in [1.54, 1.807) is 0 Å². The number of hydrogen-bond acceptors (Lipinski definition) is 4. The Bertz CT molecular complexity index is 859. The molecule has 4 nitrogen and oxygen atoms in total. The van der Waals surface area contributed by atoms with Crippen LogP contribution in [0.4, 0.5) is 4.39 Å². The molecule has 1 aromatic heterocycles. The molecule has 0 aliphatic carbocycles. The molecule has 25 heavy (non-hydrogen) atoms. The normalized spacial score (nSPS) is 17.9. The van der Waals surface area contributed by atoms with Crippen molar-refractivity contribution >= 4 is 0 Å². The summed E-state index contributed by atoms with van der Waals surface area (Å²) < 4.78 is 18.5. The van der Waals surface area contributed by atoms with Crippen molar-refractivity contribution in [1.29, 1.82) is 0 Å². The molecule has 3 aromatic rings.